The second-order valence-electron chi connectivity index (χ2n) is 8.41. The van der Waals surface area contributed by atoms with Crippen molar-refractivity contribution >= 4 is 54.3 Å². The summed E-state index contributed by atoms with van der Waals surface area (Å²) >= 11 is 3.25. The lowest BCUT2D eigenvalue weighted by Crippen LogP contribution is -2.19. The van der Waals surface area contributed by atoms with Crippen molar-refractivity contribution in [2.45, 2.75) is 25.5 Å². The number of nitrogens with one attached hydrogen (secondary N) is 1. The number of hydrogen-bond acceptors (Lipinski definition) is 5. The van der Waals surface area contributed by atoms with E-state index in [4.69, 9.17) is 10.5 Å². The molecule has 11 heteroatoms. The van der Waals surface area contributed by atoms with E-state index in [0.29, 0.717) is 23.9 Å². The Labute approximate surface area is 203 Å². The van der Waals surface area contributed by atoms with Gasteiger partial charge in [-0.25, -0.2) is 17.9 Å². The minimum Gasteiger partial charge on any atom is -0.394 e. The van der Waals surface area contributed by atoms with E-state index in [1.54, 1.807) is 12.1 Å². The molecule has 3 N–H and O–H groups in total. The molecule has 1 atom stereocenters. The van der Waals surface area contributed by atoms with E-state index in [1.165, 1.54) is 17.1 Å². The number of anilines is 1. The summed E-state index contributed by atoms with van der Waals surface area (Å²) in [6.45, 7) is 0.474. The van der Waals surface area contributed by atoms with Gasteiger partial charge in [0.25, 0.3) is 5.56 Å². The molecule has 35 heavy (non-hydrogen) atoms. The van der Waals surface area contributed by atoms with E-state index < -0.39 is 29.2 Å². The number of H-pyrrole nitrogens is 1. The molecule has 4 heterocycles. The van der Waals surface area contributed by atoms with E-state index in [0.717, 1.165) is 18.9 Å². The maximum Gasteiger partial charge on any atom is 0.272 e. The van der Waals surface area contributed by atoms with Gasteiger partial charge in [0, 0.05) is 34.5 Å². The first kappa shape index (κ1) is 22.1. The Kier molecular flexibility index (Phi) is 5.08. The van der Waals surface area contributed by atoms with Crippen LogP contribution in [0.3, 0.4) is 0 Å². The number of benzene rings is 2. The molecule has 5 aromatic rings. The predicted molar refractivity (Wildman–Crippen MR) is 129 cm³/mol. The molecule has 0 aliphatic carbocycles. The van der Waals surface area contributed by atoms with Gasteiger partial charge in [-0.1, -0.05) is 0 Å². The fourth-order valence-corrected chi connectivity index (χ4v) is 5.33. The number of pyridine rings is 2. The molecule has 0 amide bonds. The molecule has 1 saturated heterocycles. The summed E-state index contributed by atoms with van der Waals surface area (Å²) in [4.78, 5) is 19.7. The Morgan fingerprint density at radius 3 is 2.80 bits per heavy atom. The standard InChI is InChI=1S/C24H17BrF3N5O2/c25-17-19(28)16-15(20(29)24(34)32-21(16)10-4-3-6-30-22(10)17)11-8-13(26)18(27)23-12(11)9-31-33(23)14-5-1-2-7-35-14/h3-4,6,8-9,14H,1-2,5,7,29H2,(H,32,34). The van der Waals surface area contributed by atoms with Gasteiger partial charge in [0.05, 0.1) is 21.7 Å². The van der Waals surface area contributed by atoms with E-state index in [2.05, 4.69) is 31.0 Å². The number of nitrogen functional groups attached to an aromatic ring is 1. The van der Waals surface area contributed by atoms with Crippen molar-refractivity contribution in [1.29, 1.82) is 0 Å². The van der Waals surface area contributed by atoms with Gasteiger partial charge in [-0.15, -0.1) is 0 Å². The van der Waals surface area contributed by atoms with Crippen molar-refractivity contribution in [2.24, 2.45) is 0 Å². The van der Waals surface area contributed by atoms with Crippen LogP contribution in [0, 0.1) is 17.5 Å². The first-order valence-electron chi connectivity index (χ1n) is 10.9. The maximum atomic E-state index is 15.8. The molecule has 1 unspecified atom stereocenters. The summed E-state index contributed by atoms with van der Waals surface area (Å²) in [7, 11) is 0. The number of nitrogens with zero attached hydrogens (tertiary/aromatic N) is 3. The Morgan fingerprint density at radius 2 is 2.03 bits per heavy atom. The number of fused-ring (bicyclic) bond motifs is 4. The Morgan fingerprint density at radius 1 is 1.20 bits per heavy atom. The van der Waals surface area contributed by atoms with Gasteiger partial charge in [0.1, 0.15) is 17.0 Å². The van der Waals surface area contributed by atoms with Crippen LogP contribution in [0.15, 0.2) is 39.9 Å². The molecule has 0 spiro atoms. The highest BCUT2D eigenvalue weighted by atomic mass is 79.9. The molecule has 7 nitrogen and oxygen atoms in total. The summed E-state index contributed by atoms with van der Waals surface area (Å²) in [5.41, 5.74) is 5.42. The fourth-order valence-electron chi connectivity index (χ4n) is 4.81. The second kappa shape index (κ2) is 8.06. The Bertz CT molecular complexity index is 1730. The molecule has 2 aromatic carbocycles. The number of rotatable bonds is 2. The highest BCUT2D eigenvalue weighted by Crippen LogP contribution is 2.43. The molecule has 0 bridgehead atoms. The van der Waals surface area contributed by atoms with Gasteiger partial charge in [-0.05, 0) is 59.0 Å². The summed E-state index contributed by atoms with van der Waals surface area (Å²) in [6, 6.07) is 4.23. The predicted octanol–water partition coefficient (Wildman–Crippen LogP) is 5.55. The van der Waals surface area contributed by atoms with Crippen molar-refractivity contribution in [2.75, 3.05) is 12.3 Å². The molecule has 3 aromatic heterocycles. The van der Waals surface area contributed by atoms with Crippen LogP contribution in [0.1, 0.15) is 25.5 Å². The number of nitrogens with two attached hydrogens (primary N) is 1. The summed E-state index contributed by atoms with van der Waals surface area (Å²) < 4.78 is 53.0. The monoisotopic (exact) mass is 543 g/mol. The van der Waals surface area contributed by atoms with Gasteiger partial charge in [-0.2, -0.15) is 5.10 Å². The highest BCUT2D eigenvalue weighted by Gasteiger charge is 2.28. The van der Waals surface area contributed by atoms with Crippen LogP contribution in [0.4, 0.5) is 18.9 Å². The molecule has 1 aliphatic heterocycles. The molecule has 0 saturated carbocycles. The molecular weight excluding hydrogens is 527 g/mol. The van der Waals surface area contributed by atoms with Crippen molar-refractivity contribution < 1.29 is 17.9 Å². The molecular formula is C24H17BrF3N5O2. The number of ether oxygens (including phenoxy) is 1. The topological polar surface area (TPSA) is 98.8 Å². The van der Waals surface area contributed by atoms with Crippen molar-refractivity contribution in [1.82, 2.24) is 19.7 Å². The van der Waals surface area contributed by atoms with Crippen molar-refractivity contribution in [3.8, 4) is 11.1 Å². The van der Waals surface area contributed by atoms with E-state index in [-0.39, 0.29) is 43.1 Å². The third kappa shape index (κ3) is 3.18. The van der Waals surface area contributed by atoms with Gasteiger partial charge in [-0.3, -0.25) is 9.78 Å². The van der Waals surface area contributed by atoms with E-state index >= 15 is 8.78 Å². The normalized spacial score (nSPS) is 16.5. The number of hydrogen-bond donors (Lipinski definition) is 2. The summed E-state index contributed by atoms with van der Waals surface area (Å²) in [5.74, 6) is -3.04. The van der Waals surface area contributed by atoms with Gasteiger partial charge in [0.2, 0.25) is 0 Å². The zero-order chi connectivity index (χ0) is 24.4. The summed E-state index contributed by atoms with van der Waals surface area (Å²) in [6.07, 6.45) is 4.58. The lowest BCUT2D eigenvalue weighted by molar-refractivity contribution is -0.0369. The van der Waals surface area contributed by atoms with Crippen LogP contribution in [-0.4, -0.2) is 26.4 Å². The largest absolute Gasteiger partial charge is 0.394 e. The molecule has 0 radical (unpaired) electrons. The molecule has 1 fully saturated rings. The maximum absolute atomic E-state index is 15.8. The van der Waals surface area contributed by atoms with Gasteiger partial charge in [0.15, 0.2) is 17.9 Å². The lowest BCUT2D eigenvalue weighted by Gasteiger charge is -2.23. The minimum atomic E-state index is -1.18. The lowest BCUT2D eigenvalue weighted by atomic mass is 9.94. The first-order valence-corrected chi connectivity index (χ1v) is 11.7. The smallest absolute Gasteiger partial charge is 0.272 e. The number of aromatic nitrogens is 4. The van der Waals surface area contributed by atoms with E-state index in [9.17, 15) is 9.18 Å². The Balaban J connectivity index is 1.76. The van der Waals surface area contributed by atoms with Gasteiger partial charge < -0.3 is 15.5 Å². The fraction of sp³-hybridized carbons (Fsp3) is 0.208. The van der Waals surface area contributed by atoms with Crippen LogP contribution < -0.4 is 11.3 Å². The zero-order valence-corrected chi connectivity index (χ0v) is 19.6. The summed E-state index contributed by atoms with van der Waals surface area (Å²) in [5, 5.41) is 4.86. The van der Waals surface area contributed by atoms with Crippen molar-refractivity contribution in [3.05, 3.63) is 62.9 Å². The molecule has 6 rings (SSSR count). The van der Waals surface area contributed by atoms with Crippen LogP contribution in [0.2, 0.25) is 0 Å². The minimum absolute atomic E-state index is 0.0450. The average Bonchev–Trinajstić information content (AvgIpc) is 3.32. The van der Waals surface area contributed by atoms with Crippen LogP contribution in [0.5, 0.6) is 0 Å². The van der Waals surface area contributed by atoms with E-state index in [1.807, 2.05) is 0 Å². The third-order valence-corrected chi connectivity index (χ3v) is 7.15. The Hall–Kier alpha value is -3.44. The van der Waals surface area contributed by atoms with Crippen LogP contribution in [-0.2, 0) is 4.74 Å². The third-order valence-electron chi connectivity index (χ3n) is 6.42. The van der Waals surface area contributed by atoms with Gasteiger partial charge >= 0.3 is 0 Å². The van der Waals surface area contributed by atoms with Crippen LogP contribution >= 0.6 is 15.9 Å². The van der Waals surface area contributed by atoms with Crippen molar-refractivity contribution in [3.63, 3.8) is 0 Å². The van der Waals surface area contributed by atoms with Crippen LogP contribution in [0.25, 0.3) is 43.8 Å². The molecule has 178 valence electrons. The number of halogens is 4. The zero-order valence-electron chi connectivity index (χ0n) is 18.0. The first-order chi connectivity index (χ1) is 16.9. The number of aromatic amines is 1. The second-order valence-corrected chi connectivity index (χ2v) is 9.21. The average molecular weight is 544 g/mol. The quantitative estimate of drug-likeness (QED) is 0.284. The highest BCUT2D eigenvalue weighted by molar-refractivity contribution is 9.10. The molecule has 1 aliphatic rings. The SMILES string of the molecule is Nc1c(-c2cc(F)c(F)c3c2cnn3C2CCCCO2)c2c(F)c(Br)c3ncccc3c2[nH]c1=O.